The summed E-state index contributed by atoms with van der Waals surface area (Å²) in [5.74, 6) is -0.252. The molecule has 0 atom stereocenters. The number of fused-ring (bicyclic) bond motifs is 1. The van der Waals surface area contributed by atoms with Crippen molar-refractivity contribution >= 4 is 16.8 Å². The van der Waals surface area contributed by atoms with Gasteiger partial charge in [0.1, 0.15) is 0 Å². The number of H-pyrrole nitrogens is 1. The minimum atomic E-state index is -0.828. The number of para-hydroxylation sites is 1. The van der Waals surface area contributed by atoms with E-state index in [1.807, 2.05) is 38.1 Å². The van der Waals surface area contributed by atoms with Gasteiger partial charge in [0.15, 0.2) is 5.69 Å². The Morgan fingerprint density at radius 3 is 2.62 bits per heavy atom. The molecule has 0 spiro atoms. The Hall–Kier alpha value is -1.88. The monoisotopic (exact) mass is 289 g/mol. The van der Waals surface area contributed by atoms with Crippen LogP contribution in [-0.2, 0) is 0 Å². The highest BCUT2D eigenvalue weighted by atomic mass is 16.3. The first-order chi connectivity index (χ1) is 10.1. The molecule has 5 heteroatoms. The summed E-state index contributed by atoms with van der Waals surface area (Å²) in [6.07, 6.45) is 3.14. The standard InChI is InChI=1S/C16H23N3O2/c1-3-9-16(21,10-4-2)11-17-15(20)14-12-7-5-6-8-13(12)18-19-14/h5-8,21H,3-4,9-11H2,1-2H3,(H,17,20)(H,18,19). The van der Waals surface area contributed by atoms with Crippen LogP contribution < -0.4 is 5.32 Å². The van der Waals surface area contributed by atoms with Gasteiger partial charge in [-0.3, -0.25) is 9.89 Å². The first kappa shape index (κ1) is 15.5. The highest BCUT2D eigenvalue weighted by molar-refractivity contribution is 6.04. The molecule has 0 aliphatic rings. The molecule has 0 bridgehead atoms. The van der Waals surface area contributed by atoms with Gasteiger partial charge in [-0.15, -0.1) is 0 Å². The number of carbonyl (C=O) groups excluding carboxylic acids is 1. The van der Waals surface area contributed by atoms with Gasteiger partial charge in [-0.2, -0.15) is 5.10 Å². The number of nitrogens with zero attached hydrogens (tertiary/aromatic N) is 1. The molecule has 0 fully saturated rings. The Morgan fingerprint density at radius 1 is 1.29 bits per heavy atom. The lowest BCUT2D eigenvalue weighted by Crippen LogP contribution is -2.43. The third kappa shape index (κ3) is 3.61. The van der Waals surface area contributed by atoms with Gasteiger partial charge in [-0.25, -0.2) is 0 Å². The fourth-order valence-corrected chi connectivity index (χ4v) is 2.70. The van der Waals surface area contributed by atoms with Gasteiger partial charge < -0.3 is 10.4 Å². The second kappa shape index (κ2) is 6.72. The van der Waals surface area contributed by atoms with Crippen LogP contribution in [0.5, 0.6) is 0 Å². The zero-order chi connectivity index (χ0) is 15.3. The van der Waals surface area contributed by atoms with Crippen LogP contribution in [0.2, 0.25) is 0 Å². The van der Waals surface area contributed by atoms with Crippen molar-refractivity contribution in [3.8, 4) is 0 Å². The maximum Gasteiger partial charge on any atom is 0.272 e. The van der Waals surface area contributed by atoms with E-state index >= 15 is 0 Å². The molecule has 0 aliphatic heterocycles. The lowest BCUT2D eigenvalue weighted by atomic mass is 9.92. The van der Waals surface area contributed by atoms with Crippen molar-refractivity contribution < 1.29 is 9.90 Å². The number of aromatic amines is 1. The zero-order valence-corrected chi connectivity index (χ0v) is 12.6. The maximum atomic E-state index is 12.3. The lowest BCUT2D eigenvalue weighted by Gasteiger charge is -2.27. The van der Waals surface area contributed by atoms with Crippen LogP contribution >= 0.6 is 0 Å². The van der Waals surface area contributed by atoms with Crippen molar-refractivity contribution in [2.24, 2.45) is 0 Å². The highest BCUT2D eigenvalue weighted by Gasteiger charge is 2.26. The van der Waals surface area contributed by atoms with Crippen molar-refractivity contribution in [1.82, 2.24) is 15.5 Å². The molecule has 1 aromatic heterocycles. The molecular formula is C16H23N3O2. The molecule has 114 valence electrons. The molecule has 0 saturated carbocycles. The van der Waals surface area contributed by atoms with Gasteiger partial charge >= 0.3 is 0 Å². The Kier molecular flexibility index (Phi) is 4.96. The van der Waals surface area contributed by atoms with Gasteiger partial charge in [-0.05, 0) is 18.9 Å². The van der Waals surface area contributed by atoms with Crippen LogP contribution in [0.25, 0.3) is 10.9 Å². The fourth-order valence-electron chi connectivity index (χ4n) is 2.70. The summed E-state index contributed by atoms with van der Waals surface area (Å²) in [5, 5.41) is 21.1. The van der Waals surface area contributed by atoms with Crippen LogP contribution in [0.1, 0.15) is 50.0 Å². The number of rotatable bonds is 7. The number of benzene rings is 1. The molecule has 2 rings (SSSR count). The molecule has 0 radical (unpaired) electrons. The van der Waals surface area contributed by atoms with Gasteiger partial charge in [0.05, 0.1) is 11.1 Å². The molecule has 0 aliphatic carbocycles. The Morgan fingerprint density at radius 2 is 1.95 bits per heavy atom. The third-order valence-electron chi connectivity index (χ3n) is 3.69. The minimum absolute atomic E-state index is 0.252. The Bertz CT molecular complexity index is 600. The predicted molar refractivity (Wildman–Crippen MR) is 83.2 cm³/mol. The van der Waals surface area contributed by atoms with Crippen molar-refractivity contribution in [3.63, 3.8) is 0 Å². The van der Waals surface area contributed by atoms with Gasteiger partial charge in [0.2, 0.25) is 0 Å². The minimum Gasteiger partial charge on any atom is -0.388 e. The van der Waals surface area contributed by atoms with Crippen molar-refractivity contribution in [3.05, 3.63) is 30.0 Å². The molecule has 1 aromatic carbocycles. The van der Waals surface area contributed by atoms with E-state index in [-0.39, 0.29) is 12.5 Å². The summed E-state index contributed by atoms with van der Waals surface area (Å²) in [5.41, 5.74) is 0.381. The van der Waals surface area contributed by atoms with E-state index in [9.17, 15) is 9.90 Å². The summed E-state index contributed by atoms with van der Waals surface area (Å²) in [7, 11) is 0. The van der Waals surface area contributed by atoms with Crippen molar-refractivity contribution in [1.29, 1.82) is 0 Å². The third-order valence-corrected chi connectivity index (χ3v) is 3.69. The van der Waals surface area contributed by atoms with Gasteiger partial charge in [0, 0.05) is 11.9 Å². The average molecular weight is 289 g/mol. The van der Waals surface area contributed by atoms with Crippen molar-refractivity contribution in [2.45, 2.75) is 45.1 Å². The van der Waals surface area contributed by atoms with Crippen LogP contribution in [-0.4, -0.2) is 33.4 Å². The van der Waals surface area contributed by atoms with E-state index in [1.54, 1.807) is 0 Å². The maximum absolute atomic E-state index is 12.3. The number of aromatic nitrogens is 2. The number of nitrogens with one attached hydrogen (secondary N) is 2. The molecule has 0 saturated heterocycles. The molecular weight excluding hydrogens is 266 g/mol. The summed E-state index contributed by atoms with van der Waals surface area (Å²) in [6.45, 7) is 4.32. The van der Waals surface area contributed by atoms with Gasteiger partial charge in [-0.1, -0.05) is 44.9 Å². The molecule has 5 nitrogen and oxygen atoms in total. The fraction of sp³-hybridized carbons (Fsp3) is 0.500. The van der Waals surface area contributed by atoms with Crippen molar-refractivity contribution in [2.75, 3.05) is 6.54 Å². The van der Waals surface area contributed by atoms with Crippen LogP contribution in [0, 0.1) is 0 Å². The molecule has 3 N–H and O–H groups in total. The van der Waals surface area contributed by atoms with E-state index < -0.39 is 5.60 Å². The second-order valence-corrected chi connectivity index (χ2v) is 5.52. The topological polar surface area (TPSA) is 78.0 Å². The number of hydrogen-bond donors (Lipinski definition) is 3. The number of amides is 1. The molecule has 1 amide bonds. The Balaban J connectivity index is 2.07. The number of aliphatic hydroxyl groups is 1. The number of carbonyl (C=O) groups is 1. The smallest absolute Gasteiger partial charge is 0.272 e. The van der Waals surface area contributed by atoms with Gasteiger partial charge in [0.25, 0.3) is 5.91 Å². The van der Waals surface area contributed by atoms with E-state index in [1.165, 1.54) is 0 Å². The molecule has 2 aromatic rings. The van der Waals surface area contributed by atoms with E-state index in [0.29, 0.717) is 18.5 Å². The lowest BCUT2D eigenvalue weighted by molar-refractivity contribution is 0.0212. The Labute approximate surface area is 124 Å². The number of hydrogen-bond acceptors (Lipinski definition) is 3. The quantitative estimate of drug-likeness (QED) is 0.733. The SMILES string of the molecule is CCCC(O)(CCC)CNC(=O)c1n[nH]c2ccccc12. The highest BCUT2D eigenvalue weighted by Crippen LogP contribution is 2.19. The van der Waals surface area contributed by atoms with Crippen LogP contribution in [0.3, 0.4) is 0 Å². The normalized spacial score (nSPS) is 11.8. The molecule has 21 heavy (non-hydrogen) atoms. The van der Waals surface area contributed by atoms with Crippen LogP contribution in [0.4, 0.5) is 0 Å². The summed E-state index contributed by atoms with van der Waals surface area (Å²) in [4.78, 5) is 12.3. The molecule has 1 heterocycles. The largest absolute Gasteiger partial charge is 0.388 e. The summed E-state index contributed by atoms with van der Waals surface area (Å²) < 4.78 is 0. The second-order valence-electron chi connectivity index (χ2n) is 5.52. The summed E-state index contributed by atoms with van der Waals surface area (Å²) >= 11 is 0. The van der Waals surface area contributed by atoms with E-state index in [4.69, 9.17) is 0 Å². The first-order valence-corrected chi connectivity index (χ1v) is 7.53. The first-order valence-electron chi connectivity index (χ1n) is 7.53. The summed E-state index contributed by atoms with van der Waals surface area (Å²) in [6, 6.07) is 7.50. The predicted octanol–water partition coefficient (Wildman–Crippen LogP) is 2.62. The van der Waals surface area contributed by atoms with Crippen LogP contribution in [0.15, 0.2) is 24.3 Å². The van der Waals surface area contributed by atoms with E-state index in [0.717, 1.165) is 23.7 Å². The molecule has 0 unspecified atom stereocenters. The zero-order valence-electron chi connectivity index (χ0n) is 12.6. The van der Waals surface area contributed by atoms with E-state index in [2.05, 4.69) is 15.5 Å². The average Bonchev–Trinajstić information content (AvgIpc) is 2.89.